The van der Waals surface area contributed by atoms with Crippen molar-refractivity contribution in [2.24, 2.45) is 0 Å². The molecule has 4 rings (SSSR count). The van der Waals surface area contributed by atoms with Crippen LogP contribution in [0.15, 0.2) is 53.4 Å². The van der Waals surface area contributed by atoms with E-state index in [9.17, 15) is 13.2 Å². The maximum Gasteiger partial charge on any atom is 0.243 e. The number of anilines is 2. The molecule has 0 aliphatic carbocycles. The van der Waals surface area contributed by atoms with Crippen molar-refractivity contribution in [2.45, 2.75) is 37.0 Å². The van der Waals surface area contributed by atoms with Crippen molar-refractivity contribution < 1.29 is 22.7 Å². The number of para-hydroxylation sites is 1. The molecule has 2 heterocycles. The molecular formula is C25H33N3O5S. The topological polar surface area (TPSA) is 88.2 Å². The van der Waals surface area contributed by atoms with E-state index < -0.39 is 10.0 Å². The highest BCUT2D eigenvalue weighted by Gasteiger charge is 2.28. The lowest BCUT2D eigenvalue weighted by Gasteiger charge is -2.31. The number of nitrogens with zero attached hydrogens (tertiary/aromatic N) is 2. The summed E-state index contributed by atoms with van der Waals surface area (Å²) in [5.41, 5.74) is 1.42. The van der Waals surface area contributed by atoms with Crippen LogP contribution < -0.4 is 15.0 Å². The third-order valence-corrected chi connectivity index (χ3v) is 8.00. The molecule has 2 aromatic rings. The van der Waals surface area contributed by atoms with Crippen LogP contribution in [0.1, 0.15) is 32.1 Å². The number of morpholine rings is 1. The Morgan fingerprint density at radius 3 is 2.44 bits per heavy atom. The van der Waals surface area contributed by atoms with Gasteiger partial charge in [-0.3, -0.25) is 4.79 Å². The fraction of sp³-hybridized carbons (Fsp3) is 0.480. The lowest BCUT2D eigenvalue weighted by Crippen LogP contribution is -2.40. The summed E-state index contributed by atoms with van der Waals surface area (Å²) in [7, 11) is -3.66. The summed E-state index contributed by atoms with van der Waals surface area (Å²) in [5, 5.41) is 2.98. The Morgan fingerprint density at radius 2 is 1.71 bits per heavy atom. The zero-order chi connectivity index (χ0) is 23.8. The molecule has 1 N–H and O–H groups in total. The van der Waals surface area contributed by atoms with Crippen LogP contribution in [0.2, 0.25) is 0 Å². The van der Waals surface area contributed by atoms with Gasteiger partial charge in [0.15, 0.2) is 0 Å². The van der Waals surface area contributed by atoms with Crippen molar-refractivity contribution in [3.05, 3.63) is 48.5 Å². The number of ether oxygens (including phenoxy) is 2. The molecule has 0 unspecified atom stereocenters. The van der Waals surface area contributed by atoms with Gasteiger partial charge in [-0.15, -0.1) is 0 Å². The number of sulfonamides is 1. The molecule has 0 saturated carbocycles. The first-order valence-electron chi connectivity index (χ1n) is 12.0. The quantitative estimate of drug-likeness (QED) is 0.545. The molecule has 2 aromatic carbocycles. The van der Waals surface area contributed by atoms with E-state index in [2.05, 4.69) is 10.2 Å². The highest BCUT2D eigenvalue weighted by molar-refractivity contribution is 7.89. The van der Waals surface area contributed by atoms with Gasteiger partial charge < -0.3 is 19.7 Å². The van der Waals surface area contributed by atoms with E-state index in [1.807, 2.05) is 36.4 Å². The average Bonchev–Trinajstić information content (AvgIpc) is 2.88. The lowest BCUT2D eigenvalue weighted by atomic mass is 10.1. The summed E-state index contributed by atoms with van der Waals surface area (Å²) in [4.78, 5) is 15.2. The Balaban J connectivity index is 1.46. The second-order valence-electron chi connectivity index (χ2n) is 8.56. The normalized spacial score (nSPS) is 17.4. The summed E-state index contributed by atoms with van der Waals surface area (Å²) >= 11 is 0. The van der Waals surface area contributed by atoms with Crippen LogP contribution in [0.3, 0.4) is 0 Å². The van der Waals surface area contributed by atoms with Gasteiger partial charge in [0.05, 0.1) is 36.1 Å². The molecule has 0 atom stereocenters. The van der Waals surface area contributed by atoms with Crippen molar-refractivity contribution in [2.75, 3.05) is 56.2 Å². The summed E-state index contributed by atoms with van der Waals surface area (Å²) < 4.78 is 38.8. The number of hydrogen-bond acceptors (Lipinski definition) is 6. The van der Waals surface area contributed by atoms with Gasteiger partial charge in [-0.2, -0.15) is 4.31 Å². The summed E-state index contributed by atoms with van der Waals surface area (Å²) in [6.07, 6.45) is 4.19. The van der Waals surface area contributed by atoms with Gasteiger partial charge in [-0.25, -0.2) is 8.42 Å². The van der Waals surface area contributed by atoms with Gasteiger partial charge in [0.2, 0.25) is 15.9 Å². The molecule has 2 aliphatic heterocycles. The first kappa shape index (κ1) is 24.5. The number of carbonyl (C=O) groups is 1. The Morgan fingerprint density at radius 1 is 0.971 bits per heavy atom. The van der Waals surface area contributed by atoms with Gasteiger partial charge in [0, 0.05) is 32.6 Å². The fourth-order valence-electron chi connectivity index (χ4n) is 4.27. The molecule has 2 saturated heterocycles. The summed E-state index contributed by atoms with van der Waals surface area (Å²) in [6, 6.07) is 14.6. The number of nitrogens with one attached hydrogen (secondary N) is 1. The Bertz CT molecular complexity index is 1050. The predicted molar refractivity (Wildman–Crippen MR) is 132 cm³/mol. The number of benzene rings is 2. The van der Waals surface area contributed by atoms with Crippen LogP contribution in [-0.2, 0) is 19.6 Å². The van der Waals surface area contributed by atoms with Crippen molar-refractivity contribution in [1.82, 2.24) is 4.31 Å². The molecule has 0 aromatic heterocycles. The van der Waals surface area contributed by atoms with E-state index in [4.69, 9.17) is 9.47 Å². The summed E-state index contributed by atoms with van der Waals surface area (Å²) in [5.74, 6) is 0.618. The largest absolute Gasteiger partial charge is 0.494 e. The van der Waals surface area contributed by atoms with Crippen LogP contribution in [-0.4, -0.2) is 64.6 Å². The monoisotopic (exact) mass is 487 g/mol. The van der Waals surface area contributed by atoms with E-state index in [1.54, 1.807) is 12.1 Å². The van der Waals surface area contributed by atoms with Gasteiger partial charge in [0.25, 0.3) is 0 Å². The fourth-order valence-corrected chi connectivity index (χ4v) is 5.71. The van der Waals surface area contributed by atoms with Crippen LogP contribution in [0.5, 0.6) is 5.75 Å². The minimum Gasteiger partial charge on any atom is -0.494 e. The van der Waals surface area contributed by atoms with E-state index in [-0.39, 0.29) is 17.2 Å². The lowest BCUT2D eigenvalue weighted by molar-refractivity contribution is -0.116. The number of rotatable bonds is 9. The molecule has 0 bridgehead atoms. The molecule has 34 heavy (non-hydrogen) atoms. The third kappa shape index (κ3) is 6.28. The first-order chi connectivity index (χ1) is 16.5. The zero-order valence-electron chi connectivity index (χ0n) is 19.4. The maximum absolute atomic E-state index is 13.2. The Labute approximate surface area is 201 Å². The van der Waals surface area contributed by atoms with Gasteiger partial charge in [0.1, 0.15) is 5.75 Å². The highest BCUT2D eigenvalue weighted by Crippen LogP contribution is 2.32. The molecule has 2 aliphatic rings. The number of hydrogen-bond donors (Lipinski definition) is 1. The molecular weight excluding hydrogens is 454 g/mol. The van der Waals surface area contributed by atoms with Crippen molar-refractivity contribution in [3.63, 3.8) is 0 Å². The molecule has 0 spiro atoms. The van der Waals surface area contributed by atoms with Gasteiger partial charge in [-0.1, -0.05) is 18.2 Å². The maximum atomic E-state index is 13.2. The summed E-state index contributed by atoms with van der Waals surface area (Å²) in [6.45, 7) is 3.66. The molecule has 8 nitrogen and oxygen atoms in total. The molecule has 9 heteroatoms. The second-order valence-corrected chi connectivity index (χ2v) is 10.5. The number of piperidine rings is 1. The van der Waals surface area contributed by atoms with E-state index in [1.165, 1.54) is 10.7 Å². The standard InChI is InChI=1S/C25H33N3O5S/c29-25(10-7-17-33-21-8-3-1-4-9-21)26-23-20-22(34(30,31)28-15-18-32-19-16-28)11-12-24(23)27-13-5-2-6-14-27/h1,3-4,8-9,11-12,20H,2,5-7,10,13-19H2,(H,26,29). The van der Waals surface area contributed by atoms with E-state index in [0.717, 1.165) is 37.4 Å². The predicted octanol–water partition coefficient (Wildman–Crippen LogP) is 3.50. The Kier molecular flexibility index (Phi) is 8.42. The minimum atomic E-state index is -3.66. The SMILES string of the molecule is O=C(CCCOc1ccccc1)Nc1cc(S(=O)(=O)N2CCOCC2)ccc1N1CCCCC1. The second kappa shape index (κ2) is 11.7. The molecule has 0 radical (unpaired) electrons. The average molecular weight is 488 g/mol. The highest BCUT2D eigenvalue weighted by atomic mass is 32.2. The van der Waals surface area contributed by atoms with E-state index in [0.29, 0.717) is 45.0 Å². The van der Waals surface area contributed by atoms with Crippen LogP contribution in [0.25, 0.3) is 0 Å². The van der Waals surface area contributed by atoms with Crippen LogP contribution in [0.4, 0.5) is 11.4 Å². The molecule has 2 fully saturated rings. The first-order valence-corrected chi connectivity index (χ1v) is 13.4. The number of carbonyl (C=O) groups excluding carboxylic acids is 1. The molecule has 184 valence electrons. The number of amides is 1. The van der Waals surface area contributed by atoms with Gasteiger partial charge >= 0.3 is 0 Å². The minimum absolute atomic E-state index is 0.157. The Hall–Kier alpha value is -2.62. The zero-order valence-corrected chi connectivity index (χ0v) is 20.3. The van der Waals surface area contributed by atoms with Crippen molar-refractivity contribution in [3.8, 4) is 5.75 Å². The van der Waals surface area contributed by atoms with Crippen molar-refractivity contribution in [1.29, 1.82) is 0 Å². The van der Waals surface area contributed by atoms with Crippen LogP contribution >= 0.6 is 0 Å². The third-order valence-electron chi connectivity index (χ3n) is 6.11. The van der Waals surface area contributed by atoms with Crippen molar-refractivity contribution >= 4 is 27.3 Å². The molecule has 1 amide bonds. The smallest absolute Gasteiger partial charge is 0.243 e. The van der Waals surface area contributed by atoms with Gasteiger partial charge in [-0.05, 0) is 56.0 Å². The van der Waals surface area contributed by atoms with E-state index >= 15 is 0 Å². The van der Waals surface area contributed by atoms with Crippen LogP contribution in [0, 0.1) is 0 Å².